The van der Waals surface area contributed by atoms with Crippen molar-refractivity contribution in [2.75, 3.05) is 11.9 Å². The van der Waals surface area contributed by atoms with Crippen LogP contribution in [-0.2, 0) is 4.79 Å². The Morgan fingerprint density at radius 3 is 2.36 bits per heavy atom. The molecular formula is C26H31BrN4O4S. The van der Waals surface area contributed by atoms with Crippen LogP contribution >= 0.6 is 28.1 Å². The Morgan fingerprint density at radius 1 is 1.00 bits per heavy atom. The van der Waals surface area contributed by atoms with Gasteiger partial charge < -0.3 is 10.1 Å². The average molecular weight is 576 g/mol. The van der Waals surface area contributed by atoms with Gasteiger partial charge >= 0.3 is 0 Å². The smallest absolute Gasteiger partial charge is 0.269 e. The Balaban J connectivity index is 1.50. The standard InChI is InChI=1S/C26H31BrN4O4S/c1-16(2)15-35-22-13-10-19(27)14-21(22)25(34)29-26(36)31-30-24(33)18-8-11-20(12-9-18)28-23(32)17-6-4-3-5-7-17/h8-14,16-17H,3-7,15H2,1-2H3,(H,28,32)(H,30,33)(H2,29,31,34,36). The maximum Gasteiger partial charge on any atom is 0.269 e. The van der Waals surface area contributed by atoms with Gasteiger partial charge in [-0.25, -0.2) is 0 Å². The van der Waals surface area contributed by atoms with E-state index in [1.807, 2.05) is 13.8 Å². The minimum atomic E-state index is -0.472. The number of benzene rings is 2. The summed E-state index contributed by atoms with van der Waals surface area (Å²) < 4.78 is 6.46. The van der Waals surface area contributed by atoms with E-state index >= 15 is 0 Å². The van der Waals surface area contributed by atoms with Crippen molar-refractivity contribution >= 4 is 56.7 Å². The first-order chi connectivity index (χ1) is 17.2. The highest BCUT2D eigenvalue weighted by atomic mass is 79.9. The van der Waals surface area contributed by atoms with Gasteiger partial charge in [-0.2, -0.15) is 0 Å². The molecular weight excluding hydrogens is 544 g/mol. The van der Waals surface area contributed by atoms with Crippen molar-refractivity contribution in [1.29, 1.82) is 0 Å². The fraction of sp³-hybridized carbons (Fsp3) is 0.385. The van der Waals surface area contributed by atoms with Crippen LogP contribution in [0.1, 0.15) is 66.7 Å². The van der Waals surface area contributed by atoms with E-state index < -0.39 is 11.8 Å². The molecule has 0 heterocycles. The average Bonchev–Trinajstić information content (AvgIpc) is 2.87. The lowest BCUT2D eigenvalue weighted by Gasteiger charge is -2.20. The van der Waals surface area contributed by atoms with Gasteiger partial charge in [0.2, 0.25) is 5.91 Å². The van der Waals surface area contributed by atoms with Crippen molar-refractivity contribution in [3.8, 4) is 5.75 Å². The maximum atomic E-state index is 12.7. The molecule has 8 nitrogen and oxygen atoms in total. The number of thiocarbonyl (C=S) groups is 1. The number of carbonyl (C=O) groups excluding carboxylic acids is 3. The second-order valence-corrected chi connectivity index (χ2v) is 10.4. The van der Waals surface area contributed by atoms with Gasteiger partial charge in [-0.1, -0.05) is 49.0 Å². The zero-order valence-electron chi connectivity index (χ0n) is 20.4. The Kier molecular flexibility index (Phi) is 10.2. The normalized spacial score (nSPS) is 13.6. The third kappa shape index (κ3) is 8.30. The van der Waals surface area contributed by atoms with Gasteiger partial charge in [0.25, 0.3) is 11.8 Å². The van der Waals surface area contributed by atoms with Crippen LogP contribution < -0.4 is 26.2 Å². The topological polar surface area (TPSA) is 109 Å². The molecule has 192 valence electrons. The molecule has 0 atom stereocenters. The van der Waals surface area contributed by atoms with Crippen LogP contribution in [0.5, 0.6) is 5.75 Å². The van der Waals surface area contributed by atoms with Gasteiger partial charge in [-0.15, -0.1) is 0 Å². The van der Waals surface area contributed by atoms with Crippen LogP contribution in [-0.4, -0.2) is 29.4 Å². The Labute approximate surface area is 225 Å². The lowest BCUT2D eigenvalue weighted by molar-refractivity contribution is -0.120. The molecule has 0 saturated heterocycles. The molecule has 3 rings (SSSR count). The Morgan fingerprint density at radius 2 is 1.69 bits per heavy atom. The number of carbonyl (C=O) groups is 3. The van der Waals surface area contributed by atoms with Gasteiger partial charge in [0, 0.05) is 21.6 Å². The van der Waals surface area contributed by atoms with Crippen molar-refractivity contribution in [2.24, 2.45) is 11.8 Å². The number of rotatable bonds is 7. The van der Waals surface area contributed by atoms with E-state index in [4.69, 9.17) is 17.0 Å². The molecule has 36 heavy (non-hydrogen) atoms. The summed E-state index contributed by atoms with van der Waals surface area (Å²) in [7, 11) is 0. The molecule has 0 unspecified atom stereocenters. The van der Waals surface area contributed by atoms with Crippen LogP contribution in [0.3, 0.4) is 0 Å². The monoisotopic (exact) mass is 574 g/mol. The SMILES string of the molecule is CC(C)COc1ccc(Br)cc1C(=O)NC(=S)NNC(=O)c1ccc(NC(=O)C2CCCCC2)cc1. The van der Waals surface area contributed by atoms with Crippen LogP contribution in [0.2, 0.25) is 0 Å². The van der Waals surface area contributed by atoms with Gasteiger partial charge in [0.15, 0.2) is 5.11 Å². The van der Waals surface area contributed by atoms with E-state index in [-0.39, 0.29) is 16.9 Å². The number of hydrogen-bond acceptors (Lipinski definition) is 5. The van der Waals surface area contributed by atoms with Crippen molar-refractivity contribution in [1.82, 2.24) is 16.2 Å². The summed E-state index contributed by atoms with van der Waals surface area (Å²) >= 11 is 8.51. The Bertz CT molecular complexity index is 1100. The highest BCUT2D eigenvalue weighted by Gasteiger charge is 2.21. The summed E-state index contributed by atoms with van der Waals surface area (Å²) in [5.41, 5.74) is 6.31. The third-order valence-electron chi connectivity index (χ3n) is 5.67. The first-order valence-electron chi connectivity index (χ1n) is 12.0. The van der Waals surface area contributed by atoms with Gasteiger partial charge in [0.05, 0.1) is 12.2 Å². The highest BCUT2D eigenvalue weighted by Crippen LogP contribution is 2.25. The van der Waals surface area contributed by atoms with E-state index in [2.05, 4.69) is 37.4 Å². The van der Waals surface area contributed by atoms with Crippen LogP contribution in [0.15, 0.2) is 46.9 Å². The summed E-state index contributed by atoms with van der Waals surface area (Å²) in [6.07, 6.45) is 5.20. The molecule has 1 aliphatic carbocycles. The molecule has 3 amide bonds. The van der Waals surface area contributed by atoms with Gasteiger partial charge in [-0.3, -0.25) is 30.6 Å². The van der Waals surface area contributed by atoms with Crippen molar-refractivity contribution < 1.29 is 19.1 Å². The fourth-order valence-electron chi connectivity index (χ4n) is 3.76. The summed E-state index contributed by atoms with van der Waals surface area (Å²) in [5.74, 6) is -0.105. The first kappa shape index (κ1) is 27.6. The predicted molar refractivity (Wildman–Crippen MR) is 147 cm³/mol. The summed E-state index contributed by atoms with van der Waals surface area (Å²) in [6.45, 7) is 4.49. The third-order valence-corrected chi connectivity index (χ3v) is 6.36. The van der Waals surface area contributed by atoms with Gasteiger partial charge in [0.1, 0.15) is 5.75 Å². The van der Waals surface area contributed by atoms with Crippen LogP contribution in [0.25, 0.3) is 0 Å². The summed E-state index contributed by atoms with van der Waals surface area (Å²) in [5, 5.41) is 5.39. The number of anilines is 1. The number of hydrogen-bond donors (Lipinski definition) is 4. The van der Waals surface area contributed by atoms with Crippen LogP contribution in [0.4, 0.5) is 5.69 Å². The first-order valence-corrected chi connectivity index (χ1v) is 13.2. The molecule has 1 saturated carbocycles. The molecule has 2 aromatic carbocycles. The number of halogens is 1. The van der Waals surface area contributed by atoms with E-state index in [9.17, 15) is 14.4 Å². The predicted octanol–water partition coefficient (Wildman–Crippen LogP) is 4.95. The zero-order valence-corrected chi connectivity index (χ0v) is 22.8. The van der Waals surface area contributed by atoms with Gasteiger partial charge in [-0.05, 0) is 73.4 Å². The fourth-order valence-corrected chi connectivity index (χ4v) is 4.27. The second kappa shape index (κ2) is 13.4. The molecule has 0 spiro atoms. The maximum absolute atomic E-state index is 12.7. The Hall–Kier alpha value is -2.98. The minimum Gasteiger partial charge on any atom is -0.492 e. The quantitative estimate of drug-likeness (QED) is 0.275. The van der Waals surface area contributed by atoms with E-state index in [0.29, 0.717) is 35.1 Å². The molecule has 0 aromatic heterocycles. The summed E-state index contributed by atoms with van der Waals surface area (Å²) in [4.78, 5) is 37.6. The molecule has 2 aromatic rings. The minimum absolute atomic E-state index is 0.0258. The van der Waals surface area contributed by atoms with E-state index in [0.717, 1.165) is 30.2 Å². The molecule has 0 bridgehead atoms. The molecule has 0 radical (unpaired) electrons. The van der Waals surface area contributed by atoms with E-state index in [1.165, 1.54) is 6.42 Å². The number of nitrogens with one attached hydrogen (secondary N) is 4. The second-order valence-electron chi connectivity index (χ2n) is 9.11. The zero-order chi connectivity index (χ0) is 26.1. The molecule has 4 N–H and O–H groups in total. The lowest BCUT2D eigenvalue weighted by Crippen LogP contribution is -2.48. The number of hydrazine groups is 1. The molecule has 1 fully saturated rings. The van der Waals surface area contributed by atoms with E-state index in [1.54, 1.807) is 42.5 Å². The van der Waals surface area contributed by atoms with Crippen molar-refractivity contribution in [2.45, 2.75) is 46.0 Å². The van der Waals surface area contributed by atoms with Crippen molar-refractivity contribution in [3.05, 3.63) is 58.1 Å². The highest BCUT2D eigenvalue weighted by molar-refractivity contribution is 9.10. The molecule has 1 aliphatic rings. The molecule has 0 aliphatic heterocycles. The number of amides is 3. The lowest BCUT2D eigenvalue weighted by atomic mass is 9.88. The molecule has 10 heteroatoms. The summed E-state index contributed by atoms with van der Waals surface area (Å²) in [6, 6.07) is 11.7. The largest absolute Gasteiger partial charge is 0.492 e. The van der Waals surface area contributed by atoms with Crippen LogP contribution in [0, 0.1) is 11.8 Å². The van der Waals surface area contributed by atoms with Crippen molar-refractivity contribution in [3.63, 3.8) is 0 Å². The number of ether oxygens (including phenoxy) is 1.